The number of para-hydroxylation sites is 1. The monoisotopic (exact) mass is 326 g/mol. The van der Waals surface area contributed by atoms with Crippen molar-refractivity contribution in [2.45, 2.75) is 32.9 Å². The average Bonchev–Trinajstić information content (AvgIpc) is 2.61. The zero-order valence-electron chi connectivity index (χ0n) is 14.2. The number of nitrogens with zero attached hydrogens (tertiary/aromatic N) is 2. The van der Waals surface area contributed by atoms with Crippen LogP contribution in [0.4, 0.5) is 10.1 Å². The van der Waals surface area contributed by atoms with Crippen LogP contribution in [-0.2, 0) is 17.8 Å². The number of piperazine rings is 1. The Bertz CT molecular complexity index is 714. The maximum atomic E-state index is 13.0. The van der Waals surface area contributed by atoms with Gasteiger partial charge in [-0.2, -0.15) is 0 Å². The normalized spacial score (nSPS) is 18.9. The van der Waals surface area contributed by atoms with Crippen LogP contribution in [0.5, 0.6) is 0 Å². The summed E-state index contributed by atoms with van der Waals surface area (Å²) in [5.41, 5.74) is 3.25. The first-order chi connectivity index (χ1) is 11.6. The van der Waals surface area contributed by atoms with Crippen molar-refractivity contribution in [2.24, 2.45) is 0 Å². The largest absolute Gasteiger partial charge is 0.310 e. The van der Waals surface area contributed by atoms with E-state index in [2.05, 4.69) is 17.9 Å². The van der Waals surface area contributed by atoms with E-state index in [4.69, 9.17) is 0 Å². The SMILES string of the molecule is CCc1ccccc1N1CCN(Cc2ccc(F)cc2)[C@@H](C)C1=O. The fourth-order valence-electron chi connectivity index (χ4n) is 3.27. The van der Waals surface area contributed by atoms with E-state index in [9.17, 15) is 9.18 Å². The summed E-state index contributed by atoms with van der Waals surface area (Å²) in [6.07, 6.45) is 0.910. The van der Waals surface area contributed by atoms with Gasteiger partial charge in [-0.15, -0.1) is 0 Å². The molecule has 2 aromatic carbocycles. The molecule has 0 unspecified atom stereocenters. The molecule has 4 heteroatoms. The first-order valence-corrected chi connectivity index (χ1v) is 8.48. The summed E-state index contributed by atoms with van der Waals surface area (Å²) in [6, 6.07) is 14.4. The van der Waals surface area contributed by atoms with E-state index in [1.54, 1.807) is 12.1 Å². The minimum absolute atomic E-state index is 0.129. The highest BCUT2D eigenvalue weighted by Gasteiger charge is 2.32. The molecule has 1 fully saturated rings. The fraction of sp³-hybridized carbons (Fsp3) is 0.350. The van der Waals surface area contributed by atoms with Gasteiger partial charge in [-0.3, -0.25) is 9.69 Å². The molecule has 1 aliphatic heterocycles. The molecule has 3 rings (SSSR count). The molecule has 0 N–H and O–H groups in total. The Morgan fingerprint density at radius 3 is 2.50 bits per heavy atom. The molecule has 0 bridgehead atoms. The Balaban J connectivity index is 1.75. The van der Waals surface area contributed by atoms with Crippen LogP contribution in [0.3, 0.4) is 0 Å². The predicted molar refractivity (Wildman–Crippen MR) is 94.4 cm³/mol. The Morgan fingerprint density at radius 2 is 1.79 bits per heavy atom. The molecule has 3 nitrogen and oxygen atoms in total. The van der Waals surface area contributed by atoms with Gasteiger partial charge in [-0.1, -0.05) is 37.3 Å². The molecule has 0 aliphatic carbocycles. The smallest absolute Gasteiger partial charge is 0.244 e. The number of hydrogen-bond acceptors (Lipinski definition) is 2. The number of carbonyl (C=O) groups excluding carboxylic acids is 1. The Hall–Kier alpha value is -2.20. The Morgan fingerprint density at radius 1 is 1.08 bits per heavy atom. The highest BCUT2D eigenvalue weighted by atomic mass is 19.1. The highest BCUT2D eigenvalue weighted by molar-refractivity contribution is 5.98. The number of amides is 1. The van der Waals surface area contributed by atoms with Crippen LogP contribution in [0.2, 0.25) is 0 Å². The fourth-order valence-corrected chi connectivity index (χ4v) is 3.27. The molecule has 0 spiro atoms. The number of carbonyl (C=O) groups is 1. The summed E-state index contributed by atoms with van der Waals surface area (Å²) in [6.45, 7) is 6.21. The van der Waals surface area contributed by atoms with Crippen molar-refractivity contribution in [2.75, 3.05) is 18.0 Å². The van der Waals surface area contributed by atoms with E-state index in [0.29, 0.717) is 13.1 Å². The van der Waals surface area contributed by atoms with E-state index in [1.165, 1.54) is 17.7 Å². The van der Waals surface area contributed by atoms with Crippen LogP contribution < -0.4 is 4.90 Å². The molecule has 0 radical (unpaired) electrons. The maximum absolute atomic E-state index is 13.0. The second kappa shape index (κ2) is 7.14. The molecule has 2 aromatic rings. The van der Waals surface area contributed by atoms with Gasteiger partial charge in [0.1, 0.15) is 5.82 Å². The number of rotatable bonds is 4. The van der Waals surface area contributed by atoms with Gasteiger partial charge in [0.2, 0.25) is 5.91 Å². The summed E-state index contributed by atoms with van der Waals surface area (Å²) in [4.78, 5) is 16.9. The third kappa shape index (κ3) is 3.34. The first-order valence-electron chi connectivity index (χ1n) is 8.48. The van der Waals surface area contributed by atoms with Crippen molar-refractivity contribution in [3.05, 3.63) is 65.5 Å². The topological polar surface area (TPSA) is 23.6 Å². The summed E-state index contributed by atoms with van der Waals surface area (Å²) < 4.78 is 13.0. The van der Waals surface area contributed by atoms with Crippen LogP contribution in [0.25, 0.3) is 0 Å². The second-order valence-electron chi connectivity index (χ2n) is 6.25. The molecule has 1 saturated heterocycles. The average molecular weight is 326 g/mol. The summed E-state index contributed by atoms with van der Waals surface area (Å²) in [7, 11) is 0. The van der Waals surface area contributed by atoms with Gasteiger partial charge in [0.15, 0.2) is 0 Å². The summed E-state index contributed by atoms with van der Waals surface area (Å²) >= 11 is 0. The van der Waals surface area contributed by atoms with Crippen molar-refractivity contribution in [3.8, 4) is 0 Å². The highest BCUT2D eigenvalue weighted by Crippen LogP contribution is 2.25. The standard InChI is InChI=1S/C20H23FN2O/c1-3-17-6-4-5-7-19(17)23-13-12-22(15(2)20(23)24)14-16-8-10-18(21)11-9-16/h4-11,15H,3,12-14H2,1-2H3/t15-/m0/s1. The number of aryl methyl sites for hydroxylation is 1. The van der Waals surface area contributed by atoms with E-state index < -0.39 is 0 Å². The number of anilines is 1. The van der Waals surface area contributed by atoms with Gasteiger partial charge in [0.05, 0.1) is 6.04 Å². The predicted octanol–water partition coefficient (Wildman–Crippen LogP) is 3.63. The van der Waals surface area contributed by atoms with Gasteiger partial charge < -0.3 is 4.90 Å². The molecule has 126 valence electrons. The van der Waals surface area contributed by atoms with Crippen molar-refractivity contribution in [1.82, 2.24) is 4.90 Å². The van der Waals surface area contributed by atoms with E-state index >= 15 is 0 Å². The lowest BCUT2D eigenvalue weighted by atomic mass is 10.1. The number of benzene rings is 2. The van der Waals surface area contributed by atoms with Crippen LogP contribution >= 0.6 is 0 Å². The third-order valence-electron chi connectivity index (χ3n) is 4.74. The zero-order valence-corrected chi connectivity index (χ0v) is 14.2. The molecular weight excluding hydrogens is 303 g/mol. The second-order valence-corrected chi connectivity index (χ2v) is 6.25. The molecule has 0 saturated carbocycles. The Kier molecular flexibility index (Phi) is 4.95. The minimum Gasteiger partial charge on any atom is -0.310 e. The van der Waals surface area contributed by atoms with Crippen molar-refractivity contribution in [1.29, 1.82) is 0 Å². The Labute approximate surface area is 142 Å². The maximum Gasteiger partial charge on any atom is 0.244 e. The molecular formula is C20H23FN2O. The van der Waals surface area contributed by atoms with Crippen LogP contribution in [0.1, 0.15) is 25.0 Å². The number of halogens is 1. The first kappa shape index (κ1) is 16.7. The molecule has 24 heavy (non-hydrogen) atoms. The molecule has 1 aliphatic rings. The summed E-state index contributed by atoms with van der Waals surface area (Å²) in [5, 5.41) is 0. The van der Waals surface area contributed by atoms with Gasteiger partial charge in [-0.25, -0.2) is 4.39 Å². The van der Waals surface area contributed by atoms with Crippen molar-refractivity contribution < 1.29 is 9.18 Å². The van der Waals surface area contributed by atoms with Crippen LogP contribution in [-0.4, -0.2) is 29.9 Å². The molecule has 0 aromatic heterocycles. The van der Waals surface area contributed by atoms with E-state index in [0.717, 1.165) is 24.2 Å². The van der Waals surface area contributed by atoms with Gasteiger partial charge in [0.25, 0.3) is 0 Å². The molecule has 1 atom stereocenters. The lowest BCUT2D eigenvalue weighted by molar-refractivity contribution is -0.125. The number of hydrogen-bond donors (Lipinski definition) is 0. The quantitative estimate of drug-likeness (QED) is 0.857. The minimum atomic E-state index is -0.233. The molecule has 1 heterocycles. The van der Waals surface area contributed by atoms with Gasteiger partial charge >= 0.3 is 0 Å². The zero-order chi connectivity index (χ0) is 17.1. The molecule has 1 amide bonds. The van der Waals surface area contributed by atoms with Crippen molar-refractivity contribution in [3.63, 3.8) is 0 Å². The lowest BCUT2D eigenvalue weighted by Crippen LogP contribution is -2.55. The van der Waals surface area contributed by atoms with E-state index in [-0.39, 0.29) is 17.8 Å². The summed E-state index contributed by atoms with van der Waals surface area (Å²) in [5.74, 6) is -0.104. The van der Waals surface area contributed by atoms with Gasteiger partial charge in [-0.05, 0) is 42.7 Å². The lowest BCUT2D eigenvalue weighted by Gasteiger charge is -2.39. The van der Waals surface area contributed by atoms with Crippen LogP contribution in [0, 0.1) is 5.82 Å². The van der Waals surface area contributed by atoms with E-state index in [1.807, 2.05) is 30.0 Å². The third-order valence-corrected chi connectivity index (χ3v) is 4.74. The van der Waals surface area contributed by atoms with Crippen molar-refractivity contribution >= 4 is 11.6 Å². The van der Waals surface area contributed by atoms with Crippen LogP contribution in [0.15, 0.2) is 48.5 Å². The van der Waals surface area contributed by atoms with Gasteiger partial charge in [0, 0.05) is 25.3 Å².